The van der Waals surface area contributed by atoms with E-state index < -0.39 is 11.9 Å². The maximum atomic E-state index is 11.6. The molecule has 0 aromatic heterocycles. The molecule has 18 heavy (non-hydrogen) atoms. The van der Waals surface area contributed by atoms with Crippen LogP contribution in [0.15, 0.2) is 28.7 Å². The molecule has 1 aromatic rings. The molecule has 1 atom stereocenters. The number of nitrogens with zero attached hydrogens (tertiary/aromatic N) is 1. The molecule has 5 heteroatoms. The summed E-state index contributed by atoms with van der Waals surface area (Å²) >= 11 is 3.38. The van der Waals surface area contributed by atoms with Gasteiger partial charge in [-0.1, -0.05) is 34.1 Å². The lowest BCUT2D eigenvalue weighted by Crippen LogP contribution is -2.28. The van der Waals surface area contributed by atoms with Gasteiger partial charge in [0.25, 0.3) is 0 Å². The molecule has 0 aliphatic carbocycles. The number of hydrogen-bond acceptors (Lipinski definition) is 2. The van der Waals surface area contributed by atoms with Gasteiger partial charge in [0.05, 0.1) is 5.92 Å². The molecule has 0 radical (unpaired) electrons. The second-order valence-electron chi connectivity index (χ2n) is 4.32. The zero-order chi connectivity index (χ0) is 13.7. The molecule has 1 unspecified atom stereocenters. The van der Waals surface area contributed by atoms with Crippen LogP contribution in [0.1, 0.15) is 12.0 Å². The van der Waals surface area contributed by atoms with Crippen molar-refractivity contribution < 1.29 is 14.7 Å². The lowest BCUT2D eigenvalue weighted by Gasteiger charge is -2.16. The number of benzene rings is 1. The summed E-state index contributed by atoms with van der Waals surface area (Å²) < 4.78 is 0.869. The highest BCUT2D eigenvalue weighted by Crippen LogP contribution is 2.21. The summed E-state index contributed by atoms with van der Waals surface area (Å²) in [6, 6.07) is 7.45. The van der Waals surface area contributed by atoms with Crippen molar-refractivity contribution in [2.45, 2.75) is 12.8 Å². The number of halogens is 1. The van der Waals surface area contributed by atoms with E-state index in [1.165, 1.54) is 4.90 Å². The predicted octanol–water partition coefficient (Wildman–Crippen LogP) is 2.17. The Morgan fingerprint density at radius 1 is 1.33 bits per heavy atom. The lowest BCUT2D eigenvalue weighted by atomic mass is 9.96. The molecular formula is C13H16BrNO3. The monoisotopic (exact) mass is 313 g/mol. The van der Waals surface area contributed by atoms with Crippen LogP contribution in [0.2, 0.25) is 0 Å². The summed E-state index contributed by atoms with van der Waals surface area (Å²) in [4.78, 5) is 24.2. The molecule has 1 amide bonds. The van der Waals surface area contributed by atoms with E-state index in [-0.39, 0.29) is 12.3 Å². The average molecular weight is 314 g/mol. The minimum Gasteiger partial charge on any atom is -0.481 e. The molecule has 0 aliphatic rings. The molecule has 0 saturated carbocycles. The Morgan fingerprint density at radius 2 is 1.94 bits per heavy atom. The maximum absolute atomic E-state index is 11.6. The van der Waals surface area contributed by atoms with Crippen molar-refractivity contribution in [2.75, 3.05) is 14.1 Å². The summed E-state index contributed by atoms with van der Waals surface area (Å²) in [5.41, 5.74) is 0.899. The van der Waals surface area contributed by atoms with Crippen molar-refractivity contribution in [1.82, 2.24) is 4.90 Å². The van der Waals surface area contributed by atoms with E-state index in [9.17, 15) is 14.7 Å². The zero-order valence-electron chi connectivity index (χ0n) is 10.4. The van der Waals surface area contributed by atoms with E-state index >= 15 is 0 Å². The van der Waals surface area contributed by atoms with Crippen LogP contribution < -0.4 is 0 Å². The van der Waals surface area contributed by atoms with E-state index in [2.05, 4.69) is 15.9 Å². The lowest BCUT2D eigenvalue weighted by molar-refractivity contribution is -0.145. The summed E-state index contributed by atoms with van der Waals surface area (Å²) in [5, 5.41) is 9.17. The van der Waals surface area contributed by atoms with Crippen molar-refractivity contribution in [3.63, 3.8) is 0 Å². The van der Waals surface area contributed by atoms with Crippen LogP contribution in [-0.4, -0.2) is 36.0 Å². The van der Waals surface area contributed by atoms with Crippen LogP contribution in [0.3, 0.4) is 0 Å². The molecule has 1 N–H and O–H groups in total. The number of amides is 1. The van der Waals surface area contributed by atoms with Gasteiger partial charge in [-0.3, -0.25) is 9.59 Å². The van der Waals surface area contributed by atoms with Crippen molar-refractivity contribution in [3.8, 4) is 0 Å². The number of aliphatic carboxylic acids is 1. The molecule has 1 rings (SSSR count). The van der Waals surface area contributed by atoms with Gasteiger partial charge < -0.3 is 10.0 Å². The number of carboxylic acids is 1. The molecular weight excluding hydrogens is 298 g/mol. The van der Waals surface area contributed by atoms with Gasteiger partial charge in [-0.15, -0.1) is 0 Å². The van der Waals surface area contributed by atoms with Gasteiger partial charge in [-0.25, -0.2) is 0 Å². The zero-order valence-corrected chi connectivity index (χ0v) is 12.0. The van der Waals surface area contributed by atoms with Gasteiger partial charge in [-0.2, -0.15) is 0 Å². The van der Waals surface area contributed by atoms with Crippen LogP contribution in [0.25, 0.3) is 0 Å². The quantitative estimate of drug-likeness (QED) is 0.906. The Kier molecular flexibility index (Phi) is 5.34. The number of rotatable bonds is 5. The van der Waals surface area contributed by atoms with Gasteiger partial charge in [0.15, 0.2) is 0 Å². The topological polar surface area (TPSA) is 57.6 Å². The first kappa shape index (κ1) is 14.7. The SMILES string of the molecule is CN(C)C(=O)CC(Cc1ccccc1Br)C(=O)O. The highest BCUT2D eigenvalue weighted by atomic mass is 79.9. The Bertz CT molecular complexity index is 446. The minimum atomic E-state index is -0.944. The van der Waals surface area contributed by atoms with Gasteiger partial charge in [-0.05, 0) is 18.1 Å². The second kappa shape index (κ2) is 6.54. The fourth-order valence-electron chi connectivity index (χ4n) is 1.57. The molecule has 0 fully saturated rings. The smallest absolute Gasteiger partial charge is 0.307 e. The Morgan fingerprint density at radius 3 is 2.44 bits per heavy atom. The van der Waals surface area contributed by atoms with Crippen molar-refractivity contribution >= 4 is 27.8 Å². The first-order valence-electron chi connectivity index (χ1n) is 5.58. The first-order valence-corrected chi connectivity index (χ1v) is 6.37. The highest BCUT2D eigenvalue weighted by Gasteiger charge is 2.23. The van der Waals surface area contributed by atoms with E-state index in [4.69, 9.17) is 0 Å². The van der Waals surface area contributed by atoms with Crippen LogP contribution in [0.4, 0.5) is 0 Å². The Labute approximate surface area is 115 Å². The summed E-state index contributed by atoms with van der Waals surface area (Å²) in [5.74, 6) is -1.81. The Hall–Kier alpha value is -1.36. The number of carbonyl (C=O) groups excluding carboxylic acids is 1. The van der Waals surface area contributed by atoms with Crippen LogP contribution in [-0.2, 0) is 16.0 Å². The Balaban J connectivity index is 2.79. The van der Waals surface area contributed by atoms with E-state index in [0.717, 1.165) is 10.0 Å². The molecule has 0 spiro atoms. The molecule has 98 valence electrons. The summed E-state index contributed by atoms with van der Waals surface area (Å²) in [6.45, 7) is 0. The van der Waals surface area contributed by atoms with Crippen molar-refractivity contribution in [3.05, 3.63) is 34.3 Å². The van der Waals surface area contributed by atoms with Gasteiger partial charge in [0.2, 0.25) is 5.91 Å². The third-order valence-electron chi connectivity index (χ3n) is 2.69. The molecule has 0 saturated heterocycles. The maximum Gasteiger partial charge on any atom is 0.307 e. The number of carboxylic acid groups (broad SMARTS) is 1. The fourth-order valence-corrected chi connectivity index (χ4v) is 2.02. The second-order valence-corrected chi connectivity index (χ2v) is 5.18. The minimum absolute atomic E-state index is 0.0175. The number of carbonyl (C=O) groups is 2. The molecule has 0 aliphatic heterocycles. The van der Waals surface area contributed by atoms with Gasteiger partial charge >= 0.3 is 5.97 Å². The van der Waals surface area contributed by atoms with Crippen LogP contribution >= 0.6 is 15.9 Å². The average Bonchev–Trinajstić information content (AvgIpc) is 2.30. The molecule has 0 bridgehead atoms. The summed E-state index contributed by atoms with van der Waals surface area (Å²) in [7, 11) is 3.25. The van der Waals surface area contributed by atoms with Crippen molar-refractivity contribution in [1.29, 1.82) is 0 Å². The summed E-state index contributed by atoms with van der Waals surface area (Å²) in [6.07, 6.45) is 0.361. The van der Waals surface area contributed by atoms with Gasteiger partial charge in [0, 0.05) is 25.0 Å². The van der Waals surface area contributed by atoms with Crippen LogP contribution in [0.5, 0.6) is 0 Å². The van der Waals surface area contributed by atoms with E-state index in [0.29, 0.717) is 6.42 Å². The highest BCUT2D eigenvalue weighted by molar-refractivity contribution is 9.10. The molecule has 1 aromatic carbocycles. The molecule has 4 nitrogen and oxygen atoms in total. The normalized spacial score (nSPS) is 11.9. The fraction of sp³-hybridized carbons (Fsp3) is 0.385. The largest absolute Gasteiger partial charge is 0.481 e. The third kappa shape index (κ3) is 4.14. The first-order chi connectivity index (χ1) is 8.41. The van der Waals surface area contributed by atoms with Crippen molar-refractivity contribution in [2.24, 2.45) is 5.92 Å². The standard InChI is InChI=1S/C13H16BrNO3/c1-15(2)12(16)8-10(13(17)18)7-9-5-3-4-6-11(9)14/h3-6,10H,7-8H2,1-2H3,(H,17,18). The number of hydrogen-bond donors (Lipinski definition) is 1. The van der Waals surface area contributed by atoms with Gasteiger partial charge in [0.1, 0.15) is 0 Å². The molecule has 0 heterocycles. The predicted molar refractivity (Wildman–Crippen MR) is 72.3 cm³/mol. The van der Waals surface area contributed by atoms with E-state index in [1.807, 2.05) is 24.3 Å². The van der Waals surface area contributed by atoms with Crippen LogP contribution in [0, 0.1) is 5.92 Å². The van der Waals surface area contributed by atoms with E-state index in [1.54, 1.807) is 14.1 Å². The third-order valence-corrected chi connectivity index (χ3v) is 3.47.